The Labute approximate surface area is 154 Å². The van der Waals surface area contributed by atoms with Crippen LogP contribution in [0.4, 0.5) is 10.1 Å². The fourth-order valence-electron chi connectivity index (χ4n) is 3.25. The Morgan fingerprint density at radius 3 is 2.50 bits per heavy atom. The summed E-state index contributed by atoms with van der Waals surface area (Å²) in [5, 5.41) is 2.96. The third-order valence-corrected chi connectivity index (χ3v) is 4.76. The van der Waals surface area contributed by atoms with Crippen LogP contribution in [0.25, 0.3) is 0 Å². The normalized spacial score (nSPS) is 15.1. The van der Waals surface area contributed by atoms with E-state index in [0.717, 1.165) is 31.7 Å². The summed E-state index contributed by atoms with van der Waals surface area (Å²) in [6.45, 7) is 6.77. The maximum absolute atomic E-state index is 12.9. The van der Waals surface area contributed by atoms with E-state index >= 15 is 0 Å². The molecule has 0 bridgehead atoms. The van der Waals surface area contributed by atoms with Gasteiger partial charge in [-0.15, -0.1) is 0 Å². The number of piperazine rings is 1. The molecule has 5 heteroatoms. The van der Waals surface area contributed by atoms with Crippen molar-refractivity contribution in [3.8, 4) is 0 Å². The average Bonchev–Trinajstić information content (AvgIpc) is 2.64. The van der Waals surface area contributed by atoms with E-state index in [-0.39, 0.29) is 11.7 Å². The Balaban J connectivity index is 1.37. The Hall–Kier alpha value is -2.40. The predicted molar refractivity (Wildman–Crippen MR) is 103 cm³/mol. The minimum Gasteiger partial charge on any atom is -0.369 e. The molecular weight excluding hydrogens is 329 g/mol. The SMILES string of the molecule is Cc1cccc(N2CCN(CC(=O)NCCc3ccc(F)cc3)CC2)c1. The third kappa shape index (κ3) is 5.30. The molecule has 1 aliphatic heterocycles. The monoisotopic (exact) mass is 355 g/mol. The number of aryl methyl sites for hydroxylation is 1. The summed E-state index contributed by atoms with van der Waals surface area (Å²) in [6, 6.07) is 15.0. The van der Waals surface area contributed by atoms with Gasteiger partial charge in [0.1, 0.15) is 5.82 Å². The van der Waals surface area contributed by atoms with Gasteiger partial charge in [0.05, 0.1) is 6.54 Å². The van der Waals surface area contributed by atoms with E-state index in [1.54, 1.807) is 12.1 Å². The van der Waals surface area contributed by atoms with E-state index in [1.807, 2.05) is 0 Å². The summed E-state index contributed by atoms with van der Waals surface area (Å²) >= 11 is 0. The van der Waals surface area contributed by atoms with Crippen molar-refractivity contribution in [2.45, 2.75) is 13.3 Å². The van der Waals surface area contributed by atoms with E-state index in [0.29, 0.717) is 19.5 Å². The minimum absolute atomic E-state index is 0.0520. The van der Waals surface area contributed by atoms with E-state index in [1.165, 1.54) is 23.4 Å². The molecule has 0 atom stereocenters. The molecule has 0 aromatic heterocycles. The molecule has 138 valence electrons. The Morgan fingerprint density at radius 1 is 1.08 bits per heavy atom. The number of amides is 1. The van der Waals surface area contributed by atoms with Crippen molar-refractivity contribution in [2.24, 2.45) is 0 Å². The number of nitrogens with zero attached hydrogens (tertiary/aromatic N) is 2. The number of hydrogen-bond acceptors (Lipinski definition) is 3. The lowest BCUT2D eigenvalue weighted by molar-refractivity contribution is -0.122. The number of nitrogens with one attached hydrogen (secondary N) is 1. The molecule has 0 radical (unpaired) electrons. The smallest absolute Gasteiger partial charge is 0.234 e. The summed E-state index contributed by atoms with van der Waals surface area (Å²) in [5.41, 5.74) is 3.55. The summed E-state index contributed by atoms with van der Waals surface area (Å²) in [7, 11) is 0. The van der Waals surface area contributed by atoms with Gasteiger partial charge in [-0.25, -0.2) is 4.39 Å². The highest BCUT2D eigenvalue weighted by Gasteiger charge is 2.19. The molecule has 1 amide bonds. The van der Waals surface area contributed by atoms with Crippen LogP contribution in [-0.4, -0.2) is 50.1 Å². The zero-order chi connectivity index (χ0) is 18.4. The van der Waals surface area contributed by atoms with Gasteiger partial charge in [-0.2, -0.15) is 0 Å². The van der Waals surface area contributed by atoms with Crippen molar-refractivity contribution in [1.82, 2.24) is 10.2 Å². The van der Waals surface area contributed by atoms with Gasteiger partial charge < -0.3 is 10.2 Å². The van der Waals surface area contributed by atoms with Crippen LogP contribution in [0, 0.1) is 12.7 Å². The van der Waals surface area contributed by atoms with E-state index in [9.17, 15) is 9.18 Å². The van der Waals surface area contributed by atoms with Crippen molar-refractivity contribution in [3.05, 3.63) is 65.5 Å². The molecule has 1 N–H and O–H groups in total. The first-order valence-electron chi connectivity index (χ1n) is 9.15. The lowest BCUT2D eigenvalue weighted by Crippen LogP contribution is -2.49. The lowest BCUT2D eigenvalue weighted by atomic mass is 10.1. The molecule has 4 nitrogen and oxygen atoms in total. The number of rotatable bonds is 6. The number of hydrogen-bond donors (Lipinski definition) is 1. The van der Waals surface area contributed by atoms with Gasteiger partial charge in [-0.3, -0.25) is 9.69 Å². The first kappa shape index (κ1) is 18.4. The standard InChI is InChI=1S/C21H26FN3O/c1-17-3-2-4-20(15-17)25-13-11-24(12-14-25)16-21(26)23-10-9-18-5-7-19(22)8-6-18/h2-8,15H,9-14,16H2,1H3,(H,23,26). The molecular formula is C21H26FN3O. The Morgan fingerprint density at radius 2 is 1.81 bits per heavy atom. The minimum atomic E-state index is -0.234. The van der Waals surface area contributed by atoms with Gasteiger partial charge >= 0.3 is 0 Å². The van der Waals surface area contributed by atoms with Crippen LogP contribution in [0.3, 0.4) is 0 Å². The van der Waals surface area contributed by atoms with Gasteiger partial charge in [-0.1, -0.05) is 24.3 Å². The zero-order valence-electron chi connectivity index (χ0n) is 15.2. The molecule has 0 saturated carbocycles. The second-order valence-electron chi connectivity index (χ2n) is 6.83. The lowest BCUT2D eigenvalue weighted by Gasteiger charge is -2.35. The second kappa shape index (κ2) is 8.81. The fraction of sp³-hybridized carbons (Fsp3) is 0.381. The number of halogens is 1. The maximum atomic E-state index is 12.9. The molecule has 2 aromatic carbocycles. The summed E-state index contributed by atoms with van der Waals surface area (Å²) < 4.78 is 12.9. The highest BCUT2D eigenvalue weighted by molar-refractivity contribution is 5.78. The van der Waals surface area contributed by atoms with Crippen LogP contribution in [0.5, 0.6) is 0 Å². The zero-order valence-corrected chi connectivity index (χ0v) is 15.2. The number of benzene rings is 2. The highest BCUT2D eigenvalue weighted by atomic mass is 19.1. The molecule has 2 aromatic rings. The van der Waals surface area contributed by atoms with Gasteiger partial charge in [0.25, 0.3) is 0 Å². The quantitative estimate of drug-likeness (QED) is 0.865. The van der Waals surface area contributed by atoms with Crippen molar-refractivity contribution < 1.29 is 9.18 Å². The number of carbonyl (C=O) groups is 1. The van der Waals surface area contributed by atoms with Crippen LogP contribution in [0.1, 0.15) is 11.1 Å². The van der Waals surface area contributed by atoms with Gasteiger partial charge in [-0.05, 0) is 48.7 Å². The fourth-order valence-corrected chi connectivity index (χ4v) is 3.25. The molecule has 1 aliphatic rings. The Bertz CT molecular complexity index is 724. The van der Waals surface area contributed by atoms with E-state index in [4.69, 9.17) is 0 Å². The van der Waals surface area contributed by atoms with Crippen LogP contribution in [-0.2, 0) is 11.2 Å². The van der Waals surface area contributed by atoms with E-state index < -0.39 is 0 Å². The molecule has 1 fully saturated rings. The summed E-state index contributed by atoms with van der Waals surface area (Å²) in [6.07, 6.45) is 0.715. The number of carbonyl (C=O) groups excluding carboxylic acids is 1. The van der Waals surface area contributed by atoms with Crippen LogP contribution < -0.4 is 10.2 Å². The largest absolute Gasteiger partial charge is 0.369 e. The molecule has 0 spiro atoms. The first-order chi connectivity index (χ1) is 12.6. The van der Waals surface area contributed by atoms with Gasteiger partial charge in [0.2, 0.25) is 5.91 Å². The predicted octanol–water partition coefficient (Wildman–Crippen LogP) is 2.62. The molecule has 1 heterocycles. The summed E-state index contributed by atoms with van der Waals surface area (Å²) in [4.78, 5) is 16.7. The van der Waals surface area contributed by atoms with Crippen LogP contribution in [0.15, 0.2) is 48.5 Å². The van der Waals surface area contributed by atoms with Gasteiger partial charge in [0, 0.05) is 38.4 Å². The molecule has 1 saturated heterocycles. The molecule has 26 heavy (non-hydrogen) atoms. The second-order valence-corrected chi connectivity index (χ2v) is 6.83. The third-order valence-electron chi connectivity index (χ3n) is 4.76. The summed E-state index contributed by atoms with van der Waals surface area (Å²) in [5.74, 6) is -0.182. The molecule has 3 rings (SSSR count). The highest BCUT2D eigenvalue weighted by Crippen LogP contribution is 2.17. The van der Waals surface area contributed by atoms with Crippen LogP contribution in [0.2, 0.25) is 0 Å². The number of anilines is 1. The molecule has 0 aliphatic carbocycles. The maximum Gasteiger partial charge on any atom is 0.234 e. The average molecular weight is 355 g/mol. The topological polar surface area (TPSA) is 35.6 Å². The van der Waals surface area contributed by atoms with Crippen molar-refractivity contribution in [3.63, 3.8) is 0 Å². The molecule has 0 unspecified atom stereocenters. The van der Waals surface area contributed by atoms with E-state index in [2.05, 4.69) is 46.3 Å². The van der Waals surface area contributed by atoms with Gasteiger partial charge in [0.15, 0.2) is 0 Å². The first-order valence-corrected chi connectivity index (χ1v) is 9.15. The van der Waals surface area contributed by atoms with Crippen molar-refractivity contribution in [1.29, 1.82) is 0 Å². The van der Waals surface area contributed by atoms with Crippen molar-refractivity contribution >= 4 is 11.6 Å². The Kier molecular flexibility index (Phi) is 6.23. The van der Waals surface area contributed by atoms with Crippen LogP contribution >= 0.6 is 0 Å². The van der Waals surface area contributed by atoms with Crippen molar-refractivity contribution in [2.75, 3.05) is 44.2 Å².